The highest BCUT2D eigenvalue weighted by atomic mass is 32.2. The molecule has 1 fully saturated rings. The third kappa shape index (κ3) is 2.57. The second kappa shape index (κ2) is 5.65. The van der Waals surface area contributed by atoms with Gasteiger partial charge < -0.3 is 9.32 Å². The highest BCUT2D eigenvalue weighted by Crippen LogP contribution is 2.32. The van der Waals surface area contributed by atoms with Crippen LogP contribution in [0.5, 0.6) is 0 Å². The van der Waals surface area contributed by atoms with Crippen molar-refractivity contribution in [3.63, 3.8) is 0 Å². The van der Waals surface area contributed by atoms with Gasteiger partial charge in [0.2, 0.25) is 11.8 Å². The Labute approximate surface area is 133 Å². The fraction of sp³-hybridized carbons (Fsp3) is 0.308. The quantitative estimate of drug-likeness (QED) is 0.677. The normalized spacial score (nSPS) is 15.1. The zero-order valence-electron chi connectivity index (χ0n) is 11.4. The smallest absolute Gasteiger partial charge is 0.283 e. The van der Waals surface area contributed by atoms with Crippen LogP contribution >= 0.6 is 23.1 Å². The molecule has 0 bridgehead atoms. The summed E-state index contributed by atoms with van der Waals surface area (Å²) in [5.74, 6) is 0.594. The Kier molecular flexibility index (Phi) is 3.51. The maximum atomic E-state index is 11.6. The number of aromatic nitrogens is 4. The first-order valence-electron chi connectivity index (χ1n) is 6.76. The third-order valence-corrected chi connectivity index (χ3v) is 5.03. The first-order chi connectivity index (χ1) is 10.8. The average Bonchev–Trinajstić information content (AvgIpc) is 3.22. The van der Waals surface area contributed by atoms with Gasteiger partial charge in [-0.1, -0.05) is 0 Å². The van der Waals surface area contributed by atoms with Crippen molar-refractivity contribution in [2.75, 3.05) is 6.54 Å². The zero-order chi connectivity index (χ0) is 14.9. The lowest BCUT2D eigenvalue weighted by Crippen LogP contribution is -2.23. The van der Waals surface area contributed by atoms with Crippen LogP contribution in [0.1, 0.15) is 18.7 Å². The number of carbonyl (C=O) groups is 1. The minimum atomic E-state index is 0.142. The van der Waals surface area contributed by atoms with E-state index in [2.05, 4.69) is 20.2 Å². The van der Waals surface area contributed by atoms with Crippen LogP contribution in [0, 0.1) is 0 Å². The minimum Gasteiger partial charge on any atom is -0.414 e. The van der Waals surface area contributed by atoms with E-state index in [9.17, 15) is 4.79 Å². The summed E-state index contributed by atoms with van der Waals surface area (Å²) < 4.78 is 5.61. The van der Waals surface area contributed by atoms with Gasteiger partial charge in [0.1, 0.15) is 16.2 Å². The van der Waals surface area contributed by atoms with Crippen LogP contribution in [0.4, 0.5) is 0 Å². The largest absolute Gasteiger partial charge is 0.414 e. The van der Waals surface area contributed by atoms with Crippen molar-refractivity contribution >= 4 is 39.2 Å². The van der Waals surface area contributed by atoms with E-state index in [1.165, 1.54) is 18.1 Å². The molecule has 0 aromatic carbocycles. The predicted octanol–water partition coefficient (Wildman–Crippen LogP) is 2.35. The molecule has 0 saturated carbocycles. The Bertz CT molecular complexity index is 831. The maximum Gasteiger partial charge on any atom is 0.283 e. The fourth-order valence-electron chi connectivity index (χ4n) is 2.31. The standard InChI is InChI=1S/C13H11N5O2S2/c19-10-2-1-4-18(10)6-9-16-17-13(20-9)22-12-8-3-5-21-11(8)14-7-15-12/h3,5,7H,1-2,4,6H2. The van der Waals surface area contributed by atoms with E-state index in [-0.39, 0.29) is 5.91 Å². The van der Waals surface area contributed by atoms with Gasteiger partial charge in [0.15, 0.2) is 0 Å². The van der Waals surface area contributed by atoms with E-state index in [4.69, 9.17) is 4.42 Å². The predicted molar refractivity (Wildman–Crippen MR) is 80.5 cm³/mol. The summed E-state index contributed by atoms with van der Waals surface area (Å²) in [5, 5.41) is 12.2. The molecule has 4 rings (SSSR count). The van der Waals surface area contributed by atoms with Gasteiger partial charge in [-0.25, -0.2) is 9.97 Å². The molecular weight excluding hydrogens is 322 g/mol. The molecule has 0 atom stereocenters. The molecule has 1 aliphatic heterocycles. The zero-order valence-corrected chi connectivity index (χ0v) is 13.1. The molecule has 9 heteroatoms. The number of likely N-dealkylation sites (tertiary alicyclic amines) is 1. The van der Waals surface area contributed by atoms with Gasteiger partial charge >= 0.3 is 0 Å². The highest BCUT2D eigenvalue weighted by molar-refractivity contribution is 7.99. The highest BCUT2D eigenvalue weighted by Gasteiger charge is 2.22. The first kappa shape index (κ1) is 13.6. The SMILES string of the molecule is O=C1CCCN1Cc1nnc(Sc2ncnc3sccc23)o1. The van der Waals surface area contributed by atoms with Crippen LogP contribution < -0.4 is 0 Å². The molecule has 1 aliphatic rings. The molecule has 0 spiro atoms. The van der Waals surface area contributed by atoms with Crippen molar-refractivity contribution in [2.45, 2.75) is 29.6 Å². The molecule has 3 aromatic rings. The van der Waals surface area contributed by atoms with E-state index in [0.717, 1.165) is 28.2 Å². The van der Waals surface area contributed by atoms with Gasteiger partial charge in [0.25, 0.3) is 5.22 Å². The number of thiophene rings is 1. The molecule has 22 heavy (non-hydrogen) atoms. The summed E-state index contributed by atoms with van der Waals surface area (Å²) in [6.07, 6.45) is 3.03. The van der Waals surface area contributed by atoms with Crippen LogP contribution in [0.3, 0.4) is 0 Å². The summed E-state index contributed by atoms with van der Waals surface area (Å²) in [4.78, 5) is 22.8. The summed E-state index contributed by atoms with van der Waals surface area (Å²) >= 11 is 2.88. The van der Waals surface area contributed by atoms with Gasteiger partial charge in [-0.2, -0.15) is 0 Å². The number of fused-ring (bicyclic) bond motifs is 1. The third-order valence-electron chi connectivity index (χ3n) is 3.35. The van der Waals surface area contributed by atoms with E-state index >= 15 is 0 Å². The molecule has 4 heterocycles. The lowest BCUT2D eigenvalue weighted by Gasteiger charge is -2.11. The van der Waals surface area contributed by atoms with Crippen molar-refractivity contribution < 1.29 is 9.21 Å². The van der Waals surface area contributed by atoms with E-state index in [1.807, 2.05) is 11.4 Å². The molecule has 1 saturated heterocycles. The Morgan fingerprint density at radius 2 is 2.32 bits per heavy atom. The molecule has 0 N–H and O–H groups in total. The molecule has 112 valence electrons. The molecule has 0 aliphatic carbocycles. The van der Waals surface area contributed by atoms with Gasteiger partial charge in [0.05, 0.1) is 6.54 Å². The second-order valence-electron chi connectivity index (χ2n) is 4.80. The number of hydrogen-bond acceptors (Lipinski definition) is 8. The van der Waals surface area contributed by atoms with Crippen molar-refractivity contribution in [1.29, 1.82) is 0 Å². The van der Waals surface area contributed by atoms with E-state index in [1.54, 1.807) is 16.2 Å². The number of amides is 1. The lowest BCUT2D eigenvalue weighted by molar-refractivity contribution is -0.128. The number of carbonyl (C=O) groups excluding carboxylic acids is 1. The summed E-state index contributed by atoms with van der Waals surface area (Å²) in [6.45, 7) is 1.13. The van der Waals surface area contributed by atoms with Gasteiger partial charge in [-0.15, -0.1) is 21.5 Å². The summed E-state index contributed by atoms with van der Waals surface area (Å²) in [5.41, 5.74) is 0. The van der Waals surface area contributed by atoms with Crippen molar-refractivity contribution in [3.05, 3.63) is 23.7 Å². The topological polar surface area (TPSA) is 85.0 Å². The Balaban J connectivity index is 1.52. The van der Waals surface area contributed by atoms with Crippen LogP contribution in [-0.2, 0) is 11.3 Å². The molecule has 0 unspecified atom stereocenters. The van der Waals surface area contributed by atoms with Gasteiger partial charge in [-0.3, -0.25) is 4.79 Å². The molecule has 1 amide bonds. The Morgan fingerprint density at radius 1 is 1.36 bits per heavy atom. The van der Waals surface area contributed by atoms with Crippen LogP contribution in [0.25, 0.3) is 10.2 Å². The van der Waals surface area contributed by atoms with E-state index < -0.39 is 0 Å². The number of hydrogen-bond donors (Lipinski definition) is 0. The minimum absolute atomic E-state index is 0.142. The average molecular weight is 333 g/mol. The number of nitrogens with zero attached hydrogens (tertiary/aromatic N) is 5. The first-order valence-corrected chi connectivity index (χ1v) is 8.45. The molecule has 0 radical (unpaired) electrons. The lowest BCUT2D eigenvalue weighted by atomic mass is 10.4. The second-order valence-corrected chi connectivity index (χ2v) is 6.64. The monoisotopic (exact) mass is 333 g/mol. The molecular formula is C13H11N5O2S2. The van der Waals surface area contributed by atoms with E-state index in [0.29, 0.717) is 24.1 Å². The maximum absolute atomic E-state index is 11.6. The van der Waals surface area contributed by atoms with Gasteiger partial charge in [-0.05, 0) is 29.6 Å². The molecule has 7 nitrogen and oxygen atoms in total. The van der Waals surface area contributed by atoms with Crippen molar-refractivity contribution in [1.82, 2.24) is 25.1 Å². The van der Waals surface area contributed by atoms with Crippen LogP contribution in [-0.4, -0.2) is 37.5 Å². The van der Waals surface area contributed by atoms with Crippen LogP contribution in [0.15, 0.2) is 32.4 Å². The Morgan fingerprint density at radius 3 is 3.18 bits per heavy atom. The summed E-state index contributed by atoms with van der Waals surface area (Å²) in [7, 11) is 0. The van der Waals surface area contributed by atoms with Crippen molar-refractivity contribution in [3.8, 4) is 0 Å². The Hall–Kier alpha value is -2.00. The molecule has 3 aromatic heterocycles. The summed E-state index contributed by atoms with van der Waals surface area (Å²) in [6, 6.07) is 1.97. The van der Waals surface area contributed by atoms with Gasteiger partial charge in [0, 0.05) is 18.4 Å². The number of rotatable bonds is 4. The fourth-order valence-corrected chi connectivity index (χ4v) is 3.87. The van der Waals surface area contributed by atoms with Crippen LogP contribution in [0.2, 0.25) is 0 Å². The van der Waals surface area contributed by atoms with Crippen molar-refractivity contribution in [2.24, 2.45) is 0 Å².